The molecule has 13 heavy (non-hydrogen) atoms. The third-order valence-corrected chi connectivity index (χ3v) is 4.74. The zero-order valence-corrected chi connectivity index (χ0v) is 10.2. The van der Waals surface area contributed by atoms with Gasteiger partial charge in [-0.2, -0.15) is 0 Å². The fourth-order valence-corrected chi connectivity index (χ4v) is 3.74. The van der Waals surface area contributed by atoms with Gasteiger partial charge in [-0.25, -0.2) is 0 Å². The zero-order valence-electron chi connectivity index (χ0n) is 10.2. The lowest BCUT2D eigenvalue weighted by Gasteiger charge is -2.59. The van der Waals surface area contributed by atoms with Crippen molar-refractivity contribution < 1.29 is 0 Å². The lowest BCUT2D eigenvalue weighted by atomic mass is 9.46. The predicted octanol–water partition coefficient (Wildman–Crippen LogP) is 4.35. The van der Waals surface area contributed by atoms with E-state index in [2.05, 4.69) is 41.5 Å². The van der Waals surface area contributed by atoms with E-state index in [1.54, 1.807) is 0 Å². The minimum atomic E-state index is 0.591. The molecule has 0 amide bonds. The maximum atomic E-state index is 2.45. The summed E-state index contributed by atoms with van der Waals surface area (Å²) < 4.78 is 0. The van der Waals surface area contributed by atoms with Gasteiger partial charge in [0.25, 0.3) is 0 Å². The Morgan fingerprint density at radius 2 is 1.77 bits per heavy atom. The second-order valence-corrected chi connectivity index (χ2v) is 5.76. The van der Waals surface area contributed by atoms with Gasteiger partial charge in [-0.15, -0.1) is 0 Å². The van der Waals surface area contributed by atoms with Crippen LogP contribution in [0.1, 0.15) is 54.4 Å². The minimum Gasteiger partial charge on any atom is -0.0654 e. The molecule has 1 fully saturated rings. The quantitative estimate of drug-likeness (QED) is 0.608. The average Bonchev–Trinajstić information content (AvgIpc) is 2.03. The summed E-state index contributed by atoms with van der Waals surface area (Å²) >= 11 is 0. The topological polar surface area (TPSA) is 0 Å². The normalized spacial score (nSPS) is 39.7. The maximum Gasteiger partial charge on any atom is -0.0292 e. The van der Waals surface area contributed by atoms with E-state index in [-0.39, 0.29) is 0 Å². The monoisotopic (exact) mass is 182 g/mol. The molecule has 4 atom stereocenters. The van der Waals surface area contributed by atoms with Gasteiger partial charge in [0.1, 0.15) is 0 Å². The van der Waals surface area contributed by atoms with Gasteiger partial charge in [0.15, 0.2) is 0 Å². The maximum absolute atomic E-state index is 2.45. The Morgan fingerprint density at radius 1 is 1.23 bits per heavy atom. The molecule has 1 aliphatic rings. The first-order valence-corrected chi connectivity index (χ1v) is 5.92. The molecule has 0 aliphatic heterocycles. The second-order valence-electron chi connectivity index (χ2n) is 5.76. The highest BCUT2D eigenvalue weighted by Gasteiger charge is 2.52. The Labute approximate surface area is 84.1 Å². The molecule has 0 bridgehead atoms. The van der Waals surface area contributed by atoms with Crippen molar-refractivity contribution >= 4 is 0 Å². The number of rotatable bonds is 3. The molecule has 0 radical (unpaired) electrons. The van der Waals surface area contributed by atoms with Gasteiger partial charge in [0.2, 0.25) is 0 Å². The molecule has 1 rings (SSSR count). The van der Waals surface area contributed by atoms with Crippen molar-refractivity contribution in [3.05, 3.63) is 0 Å². The van der Waals surface area contributed by atoms with Crippen LogP contribution < -0.4 is 0 Å². The number of hydrogen-bond acceptors (Lipinski definition) is 0. The van der Waals surface area contributed by atoms with Crippen LogP contribution in [0.5, 0.6) is 0 Å². The molecule has 0 aromatic carbocycles. The predicted molar refractivity (Wildman–Crippen MR) is 59.7 cm³/mol. The average molecular weight is 182 g/mol. The SMILES string of the molecule is CCCC(C)C1C(C)C(C)C1(C)C. The smallest absolute Gasteiger partial charge is 0.0292 e. The Morgan fingerprint density at radius 3 is 2.15 bits per heavy atom. The Kier molecular flexibility index (Phi) is 3.09. The van der Waals surface area contributed by atoms with Gasteiger partial charge in [-0.1, -0.05) is 54.4 Å². The van der Waals surface area contributed by atoms with Crippen LogP contribution in [0.3, 0.4) is 0 Å². The Balaban J connectivity index is 2.60. The van der Waals surface area contributed by atoms with E-state index in [1.807, 2.05) is 0 Å². The third-order valence-electron chi connectivity index (χ3n) is 4.74. The van der Waals surface area contributed by atoms with Crippen molar-refractivity contribution in [1.82, 2.24) is 0 Å². The first-order chi connectivity index (χ1) is 5.92. The first-order valence-electron chi connectivity index (χ1n) is 5.92. The van der Waals surface area contributed by atoms with Gasteiger partial charge in [-0.05, 0) is 29.1 Å². The van der Waals surface area contributed by atoms with Crippen LogP contribution in [-0.4, -0.2) is 0 Å². The molecule has 0 nitrogen and oxygen atoms in total. The van der Waals surface area contributed by atoms with Gasteiger partial charge in [-0.3, -0.25) is 0 Å². The van der Waals surface area contributed by atoms with Crippen molar-refractivity contribution in [2.75, 3.05) is 0 Å². The summed E-state index contributed by atoms with van der Waals surface area (Å²) in [4.78, 5) is 0. The molecular weight excluding hydrogens is 156 g/mol. The molecule has 0 heterocycles. The summed E-state index contributed by atoms with van der Waals surface area (Å²) in [6, 6.07) is 0. The van der Waals surface area contributed by atoms with Crippen LogP contribution in [0.25, 0.3) is 0 Å². The third kappa shape index (κ3) is 1.65. The lowest BCUT2D eigenvalue weighted by Crippen LogP contribution is -2.53. The van der Waals surface area contributed by atoms with E-state index in [1.165, 1.54) is 12.8 Å². The molecule has 0 saturated heterocycles. The number of hydrogen-bond donors (Lipinski definition) is 0. The van der Waals surface area contributed by atoms with E-state index < -0.39 is 0 Å². The van der Waals surface area contributed by atoms with E-state index >= 15 is 0 Å². The van der Waals surface area contributed by atoms with Gasteiger partial charge < -0.3 is 0 Å². The first kappa shape index (κ1) is 11.1. The van der Waals surface area contributed by atoms with Crippen LogP contribution in [-0.2, 0) is 0 Å². The molecule has 0 N–H and O–H groups in total. The molecule has 0 heteroatoms. The summed E-state index contributed by atoms with van der Waals surface area (Å²) in [6.45, 7) is 14.5. The van der Waals surface area contributed by atoms with E-state index in [0.29, 0.717) is 5.41 Å². The fourth-order valence-electron chi connectivity index (χ4n) is 3.74. The highest BCUT2D eigenvalue weighted by atomic mass is 14.6. The van der Waals surface area contributed by atoms with Gasteiger partial charge >= 0.3 is 0 Å². The van der Waals surface area contributed by atoms with Crippen LogP contribution in [0.2, 0.25) is 0 Å². The van der Waals surface area contributed by atoms with E-state index in [9.17, 15) is 0 Å². The Bertz CT molecular complexity index is 169. The van der Waals surface area contributed by atoms with Crippen LogP contribution in [0.4, 0.5) is 0 Å². The molecule has 0 aromatic rings. The van der Waals surface area contributed by atoms with E-state index in [0.717, 1.165) is 23.7 Å². The summed E-state index contributed by atoms with van der Waals surface area (Å²) in [5.41, 5.74) is 0.591. The van der Waals surface area contributed by atoms with E-state index in [4.69, 9.17) is 0 Å². The van der Waals surface area contributed by atoms with Crippen LogP contribution >= 0.6 is 0 Å². The van der Waals surface area contributed by atoms with Crippen molar-refractivity contribution in [3.8, 4) is 0 Å². The molecule has 1 saturated carbocycles. The molecular formula is C13H26. The molecule has 4 unspecified atom stereocenters. The molecule has 0 spiro atoms. The molecule has 0 aromatic heterocycles. The second kappa shape index (κ2) is 3.63. The van der Waals surface area contributed by atoms with Crippen molar-refractivity contribution in [3.63, 3.8) is 0 Å². The molecule has 1 aliphatic carbocycles. The standard InChI is InChI=1S/C13H26/c1-7-8-9(2)12-10(3)11(4)13(12,5)6/h9-12H,7-8H2,1-6H3. The highest BCUT2D eigenvalue weighted by molar-refractivity contribution is 5.00. The van der Waals surface area contributed by atoms with Crippen molar-refractivity contribution in [2.45, 2.75) is 54.4 Å². The summed E-state index contributed by atoms with van der Waals surface area (Å²) in [5.74, 6) is 3.74. The Hall–Kier alpha value is 0. The molecule has 78 valence electrons. The van der Waals surface area contributed by atoms with Gasteiger partial charge in [0.05, 0.1) is 0 Å². The van der Waals surface area contributed by atoms with Crippen molar-refractivity contribution in [2.24, 2.45) is 29.1 Å². The zero-order chi connectivity index (χ0) is 10.2. The largest absolute Gasteiger partial charge is 0.0654 e. The minimum absolute atomic E-state index is 0.591. The van der Waals surface area contributed by atoms with Crippen LogP contribution in [0, 0.1) is 29.1 Å². The van der Waals surface area contributed by atoms with Crippen molar-refractivity contribution in [1.29, 1.82) is 0 Å². The highest BCUT2D eigenvalue weighted by Crippen LogP contribution is 2.58. The lowest BCUT2D eigenvalue weighted by molar-refractivity contribution is -0.108. The van der Waals surface area contributed by atoms with Crippen LogP contribution in [0.15, 0.2) is 0 Å². The van der Waals surface area contributed by atoms with Gasteiger partial charge in [0, 0.05) is 0 Å². The fraction of sp³-hybridized carbons (Fsp3) is 1.00. The summed E-state index contributed by atoms with van der Waals surface area (Å²) in [5, 5.41) is 0. The summed E-state index contributed by atoms with van der Waals surface area (Å²) in [7, 11) is 0. The summed E-state index contributed by atoms with van der Waals surface area (Å²) in [6.07, 6.45) is 2.75.